The van der Waals surface area contributed by atoms with Gasteiger partial charge in [-0.1, -0.05) is 33.1 Å². The van der Waals surface area contributed by atoms with Gasteiger partial charge in [-0.25, -0.2) is 4.79 Å². The Labute approximate surface area is 124 Å². The largest absolute Gasteiger partial charge is 0.513 e. The second kappa shape index (κ2) is 8.94. The van der Waals surface area contributed by atoms with Crippen molar-refractivity contribution in [2.75, 3.05) is 6.61 Å². The van der Waals surface area contributed by atoms with E-state index in [0.717, 1.165) is 19.3 Å². The van der Waals surface area contributed by atoms with Gasteiger partial charge in [-0.05, 0) is 24.5 Å². The minimum Gasteiger partial charge on any atom is -0.434 e. The molecule has 21 heavy (non-hydrogen) atoms. The van der Waals surface area contributed by atoms with Gasteiger partial charge in [-0.15, -0.1) is 0 Å². The molecule has 0 spiro atoms. The zero-order valence-electron chi connectivity index (χ0n) is 12.4. The third-order valence-corrected chi connectivity index (χ3v) is 2.89. The van der Waals surface area contributed by atoms with E-state index in [4.69, 9.17) is 9.47 Å². The maximum Gasteiger partial charge on any atom is 0.513 e. The molecule has 6 heteroatoms. The first kappa shape index (κ1) is 16.9. The lowest BCUT2D eigenvalue weighted by Gasteiger charge is -2.06. The quantitative estimate of drug-likeness (QED) is 0.234. The number of non-ortho nitro benzene ring substituents is 1. The van der Waals surface area contributed by atoms with Crippen LogP contribution in [0.25, 0.3) is 0 Å². The molecule has 0 aromatic heterocycles. The first-order valence-corrected chi connectivity index (χ1v) is 7.08. The lowest BCUT2D eigenvalue weighted by Crippen LogP contribution is -2.11. The molecule has 6 nitrogen and oxygen atoms in total. The van der Waals surface area contributed by atoms with Crippen LogP contribution < -0.4 is 4.74 Å². The Balaban J connectivity index is 2.20. The Morgan fingerprint density at radius 1 is 1.19 bits per heavy atom. The van der Waals surface area contributed by atoms with Gasteiger partial charge in [0.25, 0.3) is 5.69 Å². The van der Waals surface area contributed by atoms with Gasteiger partial charge < -0.3 is 9.47 Å². The molecule has 0 N–H and O–H groups in total. The molecule has 0 amide bonds. The van der Waals surface area contributed by atoms with Crippen molar-refractivity contribution in [3.8, 4) is 5.75 Å². The number of nitro groups is 1. The highest BCUT2D eigenvalue weighted by Crippen LogP contribution is 2.17. The van der Waals surface area contributed by atoms with Crippen molar-refractivity contribution < 1.29 is 19.2 Å². The van der Waals surface area contributed by atoms with Gasteiger partial charge in [0.1, 0.15) is 5.75 Å². The number of hydrogen-bond acceptors (Lipinski definition) is 5. The second-order valence-electron chi connectivity index (χ2n) is 5.19. The van der Waals surface area contributed by atoms with Crippen molar-refractivity contribution in [2.24, 2.45) is 5.92 Å². The molecule has 0 fully saturated rings. The van der Waals surface area contributed by atoms with Crippen LogP contribution in [0.3, 0.4) is 0 Å². The lowest BCUT2D eigenvalue weighted by atomic mass is 10.1. The van der Waals surface area contributed by atoms with Crippen LogP contribution in [0, 0.1) is 16.0 Å². The third-order valence-electron chi connectivity index (χ3n) is 2.89. The minimum absolute atomic E-state index is 0.0548. The van der Waals surface area contributed by atoms with E-state index in [-0.39, 0.29) is 11.4 Å². The van der Waals surface area contributed by atoms with E-state index in [2.05, 4.69) is 13.8 Å². The van der Waals surface area contributed by atoms with Crippen LogP contribution in [-0.2, 0) is 4.74 Å². The number of carbonyl (C=O) groups is 1. The van der Waals surface area contributed by atoms with Crippen LogP contribution in [-0.4, -0.2) is 17.7 Å². The fourth-order valence-electron chi connectivity index (χ4n) is 1.75. The molecule has 0 aliphatic carbocycles. The topological polar surface area (TPSA) is 78.7 Å². The molecule has 1 aromatic rings. The summed E-state index contributed by atoms with van der Waals surface area (Å²) in [5.41, 5.74) is -0.0548. The fraction of sp³-hybridized carbons (Fsp3) is 0.533. The van der Waals surface area contributed by atoms with E-state index in [9.17, 15) is 14.9 Å². The molecule has 1 aromatic carbocycles. The molecule has 116 valence electrons. The highest BCUT2D eigenvalue weighted by Gasteiger charge is 2.08. The SMILES string of the molecule is CC(C)CCCCCOC(=O)Oc1ccc([N+](=O)[O-])cc1. The molecule has 0 unspecified atom stereocenters. The highest BCUT2D eigenvalue weighted by molar-refractivity contribution is 5.63. The average molecular weight is 295 g/mol. The van der Waals surface area contributed by atoms with Crippen LogP contribution in [0.2, 0.25) is 0 Å². The van der Waals surface area contributed by atoms with Crippen molar-refractivity contribution in [1.29, 1.82) is 0 Å². The van der Waals surface area contributed by atoms with Gasteiger partial charge in [-0.3, -0.25) is 10.1 Å². The second-order valence-corrected chi connectivity index (χ2v) is 5.19. The number of ether oxygens (including phenoxy) is 2. The standard InChI is InChI=1S/C15H21NO5/c1-12(2)6-4-3-5-11-20-15(17)21-14-9-7-13(8-10-14)16(18)19/h7-10,12H,3-6,11H2,1-2H3. The predicted molar refractivity (Wildman–Crippen MR) is 78.4 cm³/mol. The summed E-state index contributed by atoms with van der Waals surface area (Å²) in [6.07, 6.45) is 3.34. The number of carbonyl (C=O) groups excluding carboxylic acids is 1. The van der Waals surface area contributed by atoms with Crippen LogP contribution in [0.15, 0.2) is 24.3 Å². The monoisotopic (exact) mass is 295 g/mol. The van der Waals surface area contributed by atoms with Crippen LogP contribution in [0.1, 0.15) is 39.5 Å². The maximum atomic E-state index is 11.4. The summed E-state index contributed by atoms with van der Waals surface area (Å²) in [5, 5.41) is 10.5. The first-order valence-electron chi connectivity index (χ1n) is 7.08. The summed E-state index contributed by atoms with van der Waals surface area (Å²) < 4.78 is 9.85. The van der Waals surface area contributed by atoms with Crippen LogP contribution in [0.4, 0.5) is 10.5 Å². The van der Waals surface area contributed by atoms with Crippen LogP contribution in [0.5, 0.6) is 5.75 Å². The number of nitrogens with zero attached hydrogens (tertiary/aromatic N) is 1. The summed E-state index contributed by atoms with van der Waals surface area (Å²) in [5.74, 6) is 0.920. The van der Waals surface area contributed by atoms with E-state index >= 15 is 0 Å². The van der Waals surface area contributed by atoms with E-state index < -0.39 is 11.1 Å². The van der Waals surface area contributed by atoms with Gasteiger partial charge in [-0.2, -0.15) is 0 Å². The summed E-state index contributed by atoms with van der Waals surface area (Å²) in [7, 11) is 0. The third kappa shape index (κ3) is 7.29. The summed E-state index contributed by atoms with van der Waals surface area (Å²) >= 11 is 0. The van der Waals surface area contributed by atoms with E-state index in [1.165, 1.54) is 30.7 Å². The summed E-state index contributed by atoms with van der Waals surface area (Å²) in [6, 6.07) is 5.27. The van der Waals surface area contributed by atoms with Gasteiger partial charge in [0, 0.05) is 12.1 Å². The van der Waals surface area contributed by atoms with Crippen molar-refractivity contribution in [2.45, 2.75) is 39.5 Å². The van der Waals surface area contributed by atoms with Crippen molar-refractivity contribution in [3.05, 3.63) is 34.4 Å². The highest BCUT2D eigenvalue weighted by atomic mass is 16.7. The Bertz CT molecular complexity index is 456. The van der Waals surface area contributed by atoms with Gasteiger partial charge in [0.2, 0.25) is 0 Å². The normalized spacial score (nSPS) is 10.4. The smallest absolute Gasteiger partial charge is 0.434 e. The summed E-state index contributed by atoms with van der Waals surface area (Å²) in [4.78, 5) is 21.4. The molecule has 0 atom stereocenters. The van der Waals surface area contributed by atoms with Crippen molar-refractivity contribution in [3.63, 3.8) is 0 Å². The molecule has 0 saturated carbocycles. The van der Waals surface area contributed by atoms with E-state index in [1.807, 2.05) is 0 Å². The Morgan fingerprint density at radius 3 is 2.43 bits per heavy atom. The zero-order valence-corrected chi connectivity index (χ0v) is 12.4. The molecule has 0 saturated heterocycles. The molecule has 0 radical (unpaired) electrons. The van der Waals surface area contributed by atoms with Crippen molar-refractivity contribution >= 4 is 11.8 Å². The first-order chi connectivity index (χ1) is 9.99. The van der Waals surface area contributed by atoms with E-state index in [1.54, 1.807) is 0 Å². The molecule has 0 aliphatic rings. The molecular formula is C15H21NO5. The van der Waals surface area contributed by atoms with E-state index in [0.29, 0.717) is 12.5 Å². The molecule has 1 rings (SSSR count). The number of benzene rings is 1. The molecule has 0 heterocycles. The number of hydrogen-bond donors (Lipinski definition) is 0. The van der Waals surface area contributed by atoms with Crippen LogP contribution >= 0.6 is 0 Å². The fourth-order valence-corrected chi connectivity index (χ4v) is 1.75. The van der Waals surface area contributed by atoms with Gasteiger partial charge >= 0.3 is 6.16 Å². The maximum absolute atomic E-state index is 11.4. The Hall–Kier alpha value is -2.11. The average Bonchev–Trinajstić information content (AvgIpc) is 2.43. The predicted octanol–water partition coefficient (Wildman–Crippen LogP) is 4.33. The lowest BCUT2D eigenvalue weighted by molar-refractivity contribution is -0.384. The minimum atomic E-state index is -0.785. The summed E-state index contributed by atoms with van der Waals surface area (Å²) in [6.45, 7) is 4.68. The molecular weight excluding hydrogens is 274 g/mol. The number of rotatable bonds is 8. The van der Waals surface area contributed by atoms with Gasteiger partial charge in [0.15, 0.2) is 0 Å². The number of nitro benzene ring substituents is 1. The Kier molecular flexibility index (Phi) is 7.21. The molecule has 0 aliphatic heterocycles. The van der Waals surface area contributed by atoms with Crippen molar-refractivity contribution in [1.82, 2.24) is 0 Å². The molecule has 0 bridgehead atoms. The van der Waals surface area contributed by atoms with Gasteiger partial charge in [0.05, 0.1) is 11.5 Å². The zero-order chi connectivity index (χ0) is 15.7. The Morgan fingerprint density at radius 2 is 1.86 bits per heavy atom. The number of unbranched alkanes of at least 4 members (excludes halogenated alkanes) is 2.